The smallest absolute Gasteiger partial charge is 0.279 e. The number of aromatic nitrogens is 1. The van der Waals surface area contributed by atoms with Gasteiger partial charge in [-0.2, -0.15) is 0 Å². The van der Waals surface area contributed by atoms with E-state index in [9.17, 15) is 9.59 Å². The number of fused-ring (bicyclic) bond motifs is 1. The third-order valence-electron chi connectivity index (χ3n) is 4.54. The van der Waals surface area contributed by atoms with Gasteiger partial charge in [-0.3, -0.25) is 9.63 Å². The van der Waals surface area contributed by atoms with E-state index in [4.69, 9.17) is 9.57 Å². The Morgan fingerprint density at radius 1 is 1.37 bits per heavy atom. The van der Waals surface area contributed by atoms with Gasteiger partial charge < -0.3 is 9.72 Å². The lowest BCUT2D eigenvalue weighted by atomic mass is 9.97. The van der Waals surface area contributed by atoms with Gasteiger partial charge in [0.1, 0.15) is 11.7 Å². The van der Waals surface area contributed by atoms with Crippen molar-refractivity contribution in [2.45, 2.75) is 38.7 Å². The number of benzene rings is 1. The normalized spacial score (nSPS) is 16.6. The second kappa shape index (κ2) is 8.57. The molecule has 0 saturated carbocycles. The SMILES string of the molecule is CCCCCC1OC(=C=O)C(C(=O)NOC)=C1c1cc2cc(Br)ccc2[nH]1. The second-order valence-corrected chi connectivity index (χ2v) is 7.29. The molecule has 0 radical (unpaired) electrons. The average Bonchev–Trinajstić information content (AvgIpc) is 3.22. The number of amides is 1. The van der Waals surface area contributed by atoms with E-state index in [2.05, 4.69) is 33.3 Å². The molecular weight excluding hydrogens is 412 g/mol. The molecule has 0 bridgehead atoms. The number of hydroxylamine groups is 1. The van der Waals surface area contributed by atoms with Gasteiger partial charge in [0.2, 0.25) is 5.76 Å². The summed E-state index contributed by atoms with van der Waals surface area (Å²) in [6.07, 6.45) is 3.37. The van der Waals surface area contributed by atoms with Crippen molar-refractivity contribution in [1.82, 2.24) is 10.5 Å². The number of unbranched alkanes of at least 4 members (excludes halogenated alkanes) is 2. The summed E-state index contributed by atoms with van der Waals surface area (Å²) in [6, 6.07) is 7.84. The Labute approximate surface area is 165 Å². The number of hydrogen-bond acceptors (Lipinski definition) is 4. The molecule has 3 rings (SSSR count). The molecule has 1 aliphatic heterocycles. The summed E-state index contributed by atoms with van der Waals surface area (Å²) in [5.74, 6) is 1.16. The molecule has 1 aliphatic rings. The summed E-state index contributed by atoms with van der Waals surface area (Å²) in [7, 11) is 1.34. The maximum absolute atomic E-state index is 12.5. The molecule has 1 aromatic carbocycles. The molecule has 0 fully saturated rings. The molecule has 0 saturated heterocycles. The second-order valence-electron chi connectivity index (χ2n) is 6.37. The van der Waals surface area contributed by atoms with Crippen LogP contribution in [0.1, 0.15) is 38.3 Å². The van der Waals surface area contributed by atoms with E-state index >= 15 is 0 Å². The van der Waals surface area contributed by atoms with E-state index < -0.39 is 5.91 Å². The molecule has 1 aromatic heterocycles. The molecule has 27 heavy (non-hydrogen) atoms. The van der Waals surface area contributed by atoms with E-state index in [1.54, 1.807) is 5.94 Å². The zero-order valence-electron chi connectivity index (χ0n) is 15.2. The molecular formula is C20H21BrN2O4. The van der Waals surface area contributed by atoms with Crippen molar-refractivity contribution in [2.75, 3.05) is 7.11 Å². The van der Waals surface area contributed by atoms with Gasteiger partial charge in [0.25, 0.3) is 5.91 Å². The topological polar surface area (TPSA) is 80.4 Å². The summed E-state index contributed by atoms with van der Waals surface area (Å²) in [5.41, 5.74) is 4.79. The van der Waals surface area contributed by atoms with Crippen LogP contribution in [0.3, 0.4) is 0 Å². The lowest BCUT2D eigenvalue weighted by Crippen LogP contribution is -2.24. The van der Waals surface area contributed by atoms with Crippen LogP contribution in [-0.4, -0.2) is 30.0 Å². The summed E-state index contributed by atoms with van der Waals surface area (Å²) in [5, 5.41) is 0.995. The number of ether oxygens (including phenoxy) is 1. The molecule has 2 heterocycles. The lowest BCUT2D eigenvalue weighted by Gasteiger charge is -2.13. The Hall–Kier alpha value is -2.34. The largest absolute Gasteiger partial charge is 0.474 e. The highest BCUT2D eigenvalue weighted by Crippen LogP contribution is 2.39. The van der Waals surface area contributed by atoms with Gasteiger partial charge in [-0.15, -0.1) is 0 Å². The first-order valence-electron chi connectivity index (χ1n) is 8.87. The van der Waals surface area contributed by atoms with Gasteiger partial charge >= 0.3 is 0 Å². The number of halogens is 1. The highest BCUT2D eigenvalue weighted by molar-refractivity contribution is 9.10. The fraction of sp³-hybridized carbons (Fsp3) is 0.350. The number of hydrogen-bond donors (Lipinski definition) is 2. The number of carbonyl (C=O) groups excluding carboxylic acids is 2. The first-order chi connectivity index (χ1) is 13.1. The van der Waals surface area contributed by atoms with Crippen LogP contribution in [0.2, 0.25) is 0 Å². The van der Waals surface area contributed by atoms with Crippen molar-refractivity contribution in [3.05, 3.63) is 45.8 Å². The molecule has 1 amide bonds. The van der Waals surface area contributed by atoms with Crippen LogP contribution in [0.15, 0.2) is 40.1 Å². The quantitative estimate of drug-likeness (QED) is 0.392. The Morgan fingerprint density at radius 3 is 2.89 bits per heavy atom. The van der Waals surface area contributed by atoms with E-state index in [0.29, 0.717) is 12.0 Å². The summed E-state index contributed by atoms with van der Waals surface area (Å²) in [4.78, 5) is 32.1. The molecule has 2 N–H and O–H groups in total. The molecule has 1 unspecified atom stereocenters. The highest BCUT2D eigenvalue weighted by Gasteiger charge is 2.37. The first-order valence-corrected chi connectivity index (χ1v) is 9.66. The van der Waals surface area contributed by atoms with E-state index in [1.165, 1.54) is 7.11 Å². The molecule has 1 atom stereocenters. The minimum Gasteiger partial charge on any atom is -0.474 e. The summed E-state index contributed by atoms with van der Waals surface area (Å²) in [6.45, 7) is 2.12. The molecule has 0 spiro atoms. The highest BCUT2D eigenvalue weighted by atomic mass is 79.9. The Bertz CT molecular complexity index is 941. The zero-order chi connectivity index (χ0) is 19.4. The molecule has 142 valence electrons. The minimum absolute atomic E-state index is 0.0825. The van der Waals surface area contributed by atoms with Gasteiger partial charge in [0.05, 0.1) is 7.11 Å². The fourth-order valence-electron chi connectivity index (χ4n) is 3.33. The number of rotatable bonds is 7. The number of nitrogens with one attached hydrogen (secondary N) is 2. The standard InChI is InChI=1S/C20H21BrN2O4/c1-3-4-5-6-16-18(19(17(11-24)27-16)20(25)23-26-2)15-10-12-9-13(21)7-8-14(12)22-15/h7-10,16,22H,3-6H2,1-2H3,(H,23,25). The average molecular weight is 433 g/mol. The monoisotopic (exact) mass is 432 g/mol. The van der Waals surface area contributed by atoms with Crippen LogP contribution in [0, 0.1) is 0 Å². The summed E-state index contributed by atoms with van der Waals surface area (Å²) < 4.78 is 6.76. The number of H-pyrrole nitrogens is 1. The van der Waals surface area contributed by atoms with Gasteiger partial charge in [-0.25, -0.2) is 10.3 Å². The van der Waals surface area contributed by atoms with Crippen molar-refractivity contribution in [2.24, 2.45) is 0 Å². The van der Waals surface area contributed by atoms with Gasteiger partial charge in [0, 0.05) is 26.6 Å². The van der Waals surface area contributed by atoms with Crippen molar-refractivity contribution < 1.29 is 19.2 Å². The third-order valence-corrected chi connectivity index (χ3v) is 5.03. The molecule has 2 aromatic rings. The number of carbonyl (C=O) groups is 1. The Kier molecular flexibility index (Phi) is 6.16. The van der Waals surface area contributed by atoms with Crippen LogP contribution in [0.5, 0.6) is 0 Å². The predicted octanol–water partition coefficient (Wildman–Crippen LogP) is 4.06. The lowest BCUT2D eigenvalue weighted by molar-refractivity contribution is -0.127. The molecule has 7 heteroatoms. The van der Waals surface area contributed by atoms with Gasteiger partial charge in [0.15, 0.2) is 5.94 Å². The van der Waals surface area contributed by atoms with Crippen LogP contribution >= 0.6 is 15.9 Å². The fourth-order valence-corrected chi connectivity index (χ4v) is 3.71. The van der Waals surface area contributed by atoms with Crippen molar-refractivity contribution in [1.29, 1.82) is 0 Å². The predicted molar refractivity (Wildman–Crippen MR) is 106 cm³/mol. The van der Waals surface area contributed by atoms with E-state index in [1.807, 2.05) is 24.3 Å². The zero-order valence-corrected chi connectivity index (χ0v) is 16.8. The van der Waals surface area contributed by atoms with Crippen LogP contribution in [0.25, 0.3) is 16.5 Å². The minimum atomic E-state index is -0.524. The van der Waals surface area contributed by atoms with Crippen molar-refractivity contribution in [3.63, 3.8) is 0 Å². The maximum atomic E-state index is 12.5. The van der Waals surface area contributed by atoms with Crippen molar-refractivity contribution >= 4 is 44.3 Å². The van der Waals surface area contributed by atoms with Gasteiger partial charge in [-0.1, -0.05) is 35.7 Å². The number of aromatic amines is 1. The maximum Gasteiger partial charge on any atom is 0.279 e. The summed E-state index contributed by atoms with van der Waals surface area (Å²) >= 11 is 3.47. The third kappa shape index (κ3) is 4.00. The first kappa shape index (κ1) is 19.4. The Balaban J connectivity index is 2.11. The molecule has 0 aliphatic carbocycles. The van der Waals surface area contributed by atoms with E-state index in [0.717, 1.165) is 40.3 Å². The van der Waals surface area contributed by atoms with E-state index in [-0.39, 0.29) is 17.4 Å². The van der Waals surface area contributed by atoms with Crippen LogP contribution in [0.4, 0.5) is 0 Å². The Morgan fingerprint density at radius 2 is 2.19 bits per heavy atom. The van der Waals surface area contributed by atoms with Crippen molar-refractivity contribution in [3.8, 4) is 0 Å². The van der Waals surface area contributed by atoms with Gasteiger partial charge in [-0.05, 0) is 37.1 Å². The molecule has 6 nitrogen and oxygen atoms in total. The van der Waals surface area contributed by atoms with Crippen LogP contribution < -0.4 is 5.48 Å². The van der Waals surface area contributed by atoms with Crippen LogP contribution in [-0.2, 0) is 19.2 Å².